The fourth-order valence-electron chi connectivity index (χ4n) is 1.55. The normalized spacial score (nSPS) is 11.9. The number of carbonyl (C=O) groups is 2. The maximum Gasteiger partial charge on any atom is 0.323 e. The average molecular weight is 251 g/mol. The summed E-state index contributed by atoms with van der Waals surface area (Å²) in [4.78, 5) is 32.2. The summed E-state index contributed by atoms with van der Waals surface area (Å²) >= 11 is 0. The molecule has 98 valence electrons. The predicted molar refractivity (Wildman–Crippen MR) is 65.2 cm³/mol. The Bertz CT molecular complexity index is 448. The third kappa shape index (κ3) is 3.26. The van der Waals surface area contributed by atoms with E-state index in [1.54, 1.807) is 6.92 Å². The molecular weight excluding hydrogens is 234 g/mol. The van der Waals surface area contributed by atoms with E-state index in [0.717, 1.165) is 0 Å². The van der Waals surface area contributed by atoms with Gasteiger partial charge in [0.25, 0.3) is 5.91 Å². The maximum absolute atomic E-state index is 12.3. The Kier molecular flexibility index (Phi) is 4.76. The van der Waals surface area contributed by atoms with E-state index >= 15 is 0 Å². The van der Waals surface area contributed by atoms with Crippen molar-refractivity contribution >= 4 is 11.9 Å². The molecule has 6 heteroatoms. The van der Waals surface area contributed by atoms with Crippen LogP contribution in [0.3, 0.4) is 0 Å². The fourth-order valence-corrected chi connectivity index (χ4v) is 1.55. The van der Waals surface area contributed by atoms with Crippen LogP contribution in [0.1, 0.15) is 36.3 Å². The number of amides is 1. The van der Waals surface area contributed by atoms with Gasteiger partial charge in [-0.05, 0) is 20.3 Å². The van der Waals surface area contributed by atoms with Gasteiger partial charge in [0.05, 0.1) is 11.3 Å². The van der Waals surface area contributed by atoms with Crippen LogP contribution in [-0.4, -0.2) is 44.4 Å². The lowest BCUT2D eigenvalue weighted by Crippen LogP contribution is -2.42. The molecule has 6 nitrogen and oxygen atoms in total. The Balaban J connectivity index is 3.02. The molecule has 0 bridgehead atoms. The van der Waals surface area contributed by atoms with Crippen LogP contribution >= 0.6 is 0 Å². The van der Waals surface area contributed by atoms with Crippen LogP contribution in [0.15, 0.2) is 12.5 Å². The Labute approximate surface area is 106 Å². The molecule has 1 rings (SSSR count). The van der Waals surface area contributed by atoms with E-state index < -0.39 is 5.97 Å². The Morgan fingerprint density at radius 2 is 2.17 bits per heavy atom. The van der Waals surface area contributed by atoms with Gasteiger partial charge in [-0.25, -0.2) is 9.97 Å². The predicted octanol–water partition coefficient (Wildman–Crippen LogP) is 1.11. The lowest BCUT2D eigenvalue weighted by molar-refractivity contribution is -0.138. The molecule has 0 aliphatic heterocycles. The van der Waals surface area contributed by atoms with Crippen LogP contribution < -0.4 is 0 Å². The molecule has 1 N–H and O–H groups in total. The first-order valence-corrected chi connectivity index (χ1v) is 5.76. The van der Waals surface area contributed by atoms with Crippen LogP contribution in [0.5, 0.6) is 0 Å². The van der Waals surface area contributed by atoms with Gasteiger partial charge in [0.1, 0.15) is 12.9 Å². The molecule has 0 aromatic carbocycles. The Morgan fingerprint density at radius 3 is 2.67 bits per heavy atom. The van der Waals surface area contributed by atoms with Gasteiger partial charge in [0.15, 0.2) is 0 Å². The highest BCUT2D eigenvalue weighted by Gasteiger charge is 2.24. The van der Waals surface area contributed by atoms with Gasteiger partial charge >= 0.3 is 5.97 Å². The van der Waals surface area contributed by atoms with Crippen LogP contribution in [-0.2, 0) is 4.79 Å². The van der Waals surface area contributed by atoms with Crippen molar-refractivity contribution < 1.29 is 14.7 Å². The van der Waals surface area contributed by atoms with E-state index in [4.69, 9.17) is 5.11 Å². The molecule has 0 fully saturated rings. The van der Waals surface area contributed by atoms with Crippen LogP contribution in [0, 0.1) is 6.92 Å². The molecule has 1 aromatic rings. The van der Waals surface area contributed by atoms with Crippen LogP contribution in [0.25, 0.3) is 0 Å². The van der Waals surface area contributed by atoms with Gasteiger partial charge in [-0.2, -0.15) is 0 Å². The fraction of sp³-hybridized carbons (Fsp3) is 0.500. The number of nitrogens with zero attached hydrogens (tertiary/aromatic N) is 3. The van der Waals surface area contributed by atoms with E-state index in [0.29, 0.717) is 17.7 Å². The summed E-state index contributed by atoms with van der Waals surface area (Å²) in [5.41, 5.74) is 0.896. The summed E-state index contributed by atoms with van der Waals surface area (Å²) in [7, 11) is 0. The molecular formula is C12H17N3O3. The Hall–Kier alpha value is -1.98. The SMILES string of the molecule is CCC(C)N(CC(=O)O)C(=O)c1cncnc1C. The lowest BCUT2D eigenvalue weighted by Gasteiger charge is -2.27. The highest BCUT2D eigenvalue weighted by Crippen LogP contribution is 2.11. The number of carboxylic acids is 1. The maximum atomic E-state index is 12.3. The number of aliphatic carboxylic acids is 1. The van der Waals surface area contributed by atoms with E-state index in [9.17, 15) is 9.59 Å². The van der Waals surface area contributed by atoms with Crippen molar-refractivity contribution in [3.63, 3.8) is 0 Å². The van der Waals surface area contributed by atoms with E-state index in [1.165, 1.54) is 17.4 Å². The molecule has 0 saturated heterocycles. The van der Waals surface area contributed by atoms with Gasteiger partial charge in [-0.3, -0.25) is 9.59 Å². The van der Waals surface area contributed by atoms with Crippen molar-refractivity contribution in [2.45, 2.75) is 33.2 Å². The minimum absolute atomic E-state index is 0.145. The van der Waals surface area contributed by atoms with Crippen molar-refractivity contribution in [2.24, 2.45) is 0 Å². The third-order valence-corrected chi connectivity index (χ3v) is 2.83. The van der Waals surface area contributed by atoms with Gasteiger partial charge in [0, 0.05) is 12.2 Å². The van der Waals surface area contributed by atoms with E-state index in [-0.39, 0.29) is 18.5 Å². The van der Waals surface area contributed by atoms with Gasteiger partial charge in [-0.15, -0.1) is 0 Å². The van der Waals surface area contributed by atoms with E-state index in [1.807, 2.05) is 13.8 Å². The number of carboxylic acid groups (broad SMARTS) is 1. The number of hydrogen-bond donors (Lipinski definition) is 1. The van der Waals surface area contributed by atoms with Crippen molar-refractivity contribution in [1.82, 2.24) is 14.9 Å². The van der Waals surface area contributed by atoms with Crippen molar-refractivity contribution in [2.75, 3.05) is 6.54 Å². The molecule has 1 unspecified atom stereocenters. The summed E-state index contributed by atoms with van der Waals surface area (Å²) in [6.45, 7) is 5.10. The smallest absolute Gasteiger partial charge is 0.323 e. The number of rotatable bonds is 5. The standard InChI is InChI=1S/C12H17N3O3/c1-4-8(2)15(6-11(16)17)12(18)10-5-13-7-14-9(10)3/h5,7-8H,4,6H2,1-3H3,(H,16,17). The second-order valence-electron chi connectivity index (χ2n) is 4.11. The van der Waals surface area contributed by atoms with Gasteiger partial charge < -0.3 is 10.0 Å². The summed E-state index contributed by atoms with van der Waals surface area (Å²) in [5, 5.41) is 8.87. The second kappa shape index (κ2) is 6.09. The molecule has 1 heterocycles. The molecule has 0 spiro atoms. The molecule has 1 aromatic heterocycles. The first-order chi connectivity index (χ1) is 8.47. The highest BCUT2D eigenvalue weighted by atomic mass is 16.4. The molecule has 1 atom stereocenters. The number of aromatic nitrogens is 2. The minimum Gasteiger partial charge on any atom is -0.480 e. The number of aryl methyl sites for hydroxylation is 1. The Morgan fingerprint density at radius 1 is 1.50 bits per heavy atom. The minimum atomic E-state index is -1.03. The number of hydrogen-bond acceptors (Lipinski definition) is 4. The van der Waals surface area contributed by atoms with E-state index in [2.05, 4.69) is 9.97 Å². The molecule has 18 heavy (non-hydrogen) atoms. The van der Waals surface area contributed by atoms with Gasteiger partial charge in [0.2, 0.25) is 0 Å². The molecule has 0 radical (unpaired) electrons. The van der Waals surface area contributed by atoms with Gasteiger partial charge in [-0.1, -0.05) is 6.92 Å². The zero-order chi connectivity index (χ0) is 13.7. The summed E-state index contributed by atoms with van der Waals surface area (Å²) in [6.07, 6.45) is 3.46. The third-order valence-electron chi connectivity index (χ3n) is 2.83. The lowest BCUT2D eigenvalue weighted by atomic mass is 10.1. The zero-order valence-electron chi connectivity index (χ0n) is 10.8. The zero-order valence-corrected chi connectivity index (χ0v) is 10.8. The number of carbonyl (C=O) groups excluding carboxylic acids is 1. The molecule has 0 saturated carbocycles. The van der Waals surface area contributed by atoms with Crippen LogP contribution in [0.4, 0.5) is 0 Å². The molecule has 0 aliphatic rings. The summed E-state index contributed by atoms with van der Waals surface area (Å²) < 4.78 is 0. The highest BCUT2D eigenvalue weighted by molar-refractivity contribution is 5.96. The molecule has 0 aliphatic carbocycles. The monoisotopic (exact) mass is 251 g/mol. The topological polar surface area (TPSA) is 83.4 Å². The average Bonchev–Trinajstić information content (AvgIpc) is 2.34. The first-order valence-electron chi connectivity index (χ1n) is 5.76. The van der Waals surface area contributed by atoms with Crippen molar-refractivity contribution in [1.29, 1.82) is 0 Å². The quantitative estimate of drug-likeness (QED) is 0.847. The van der Waals surface area contributed by atoms with Crippen molar-refractivity contribution in [3.8, 4) is 0 Å². The first kappa shape index (κ1) is 14.1. The summed E-state index contributed by atoms with van der Waals surface area (Å²) in [6, 6.07) is -0.145. The van der Waals surface area contributed by atoms with Crippen molar-refractivity contribution in [3.05, 3.63) is 23.8 Å². The largest absolute Gasteiger partial charge is 0.480 e. The summed E-state index contributed by atoms with van der Waals surface area (Å²) in [5.74, 6) is -1.37. The van der Waals surface area contributed by atoms with Crippen LogP contribution in [0.2, 0.25) is 0 Å². The molecule has 1 amide bonds. The second-order valence-corrected chi connectivity index (χ2v) is 4.11.